The number of ether oxygens (including phenoxy) is 2. The van der Waals surface area contributed by atoms with Gasteiger partial charge in [-0.15, -0.1) is 0 Å². The van der Waals surface area contributed by atoms with Gasteiger partial charge in [0, 0.05) is 6.42 Å². The molecule has 198 valence electrons. The zero-order valence-corrected chi connectivity index (χ0v) is 23.4. The topological polar surface area (TPSA) is 72.8 Å². The van der Waals surface area contributed by atoms with Crippen molar-refractivity contribution in [3.05, 3.63) is 23.8 Å². The molecule has 1 aromatic rings. The summed E-state index contributed by atoms with van der Waals surface area (Å²) >= 11 is 0. The molecule has 5 nitrogen and oxygen atoms in total. The molecule has 0 bridgehead atoms. The average Bonchev–Trinajstić information content (AvgIpc) is 2.79. The molecule has 0 saturated heterocycles. The predicted octanol–water partition coefficient (Wildman–Crippen LogP) is 7.21. The summed E-state index contributed by atoms with van der Waals surface area (Å²) in [5, 5.41) is 9.59. The quantitative estimate of drug-likeness (QED) is 0.304. The van der Waals surface area contributed by atoms with Gasteiger partial charge >= 0.3 is 0 Å². The molecule has 0 spiro atoms. The number of hydrogen-bond acceptors (Lipinski definition) is 5. The Morgan fingerprint density at radius 2 is 1.47 bits per heavy atom. The van der Waals surface area contributed by atoms with Crippen LogP contribution in [-0.2, 0) is 16.0 Å². The Labute approximate surface area is 209 Å². The van der Waals surface area contributed by atoms with Gasteiger partial charge in [0.15, 0.2) is 17.3 Å². The van der Waals surface area contributed by atoms with Crippen molar-refractivity contribution in [2.24, 2.45) is 11.8 Å². The Morgan fingerprint density at radius 3 is 1.85 bits per heavy atom. The minimum atomic E-state index is -0.730. The van der Waals surface area contributed by atoms with Crippen molar-refractivity contribution >= 4 is 11.6 Å². The van der Waals surface area contributed by atoms with Crippen molar-refractivity contribution in [3.8, 4) is 11.5 Å². The van der Waals surface area contributed by atoms with Crippen LogP contribution in [0.4, 0.5) is 0 Å². The lowest BCUT2D eigenvalue weighted by Gasteiger charge is -2.19. The number of rotatable bonds is 14. The zero-order chi connectivity index (χ0) is 26.5. The van der Waals surface area contributed by atoms with E-state index in [-0.39, 0.29) is 17.5 Å². The van der Waals surface area contributed by atoms with Crippen LogP contribution in [0.3, 0.4) is 0 Å². The summed E-state index contributed by atoms with van der Waals surface area (Å²) in [6.07, 6.45) is 8.75. The van der Waals surface area contributed by atoms with Crippen molar-refractivity contribution in [1.29, 1.82) is 0 Å². The second kappa shape index (κ2) is 21.6. The molecule has 0 aliphatic rings. The van der Waals surface area contributed by atoms with Crippen LogP contribution in [-0.4, -0.2) is 37.0 Å². The first-order valence-corrected chi connectivity index (χ1v) is 13.0. The number of methoxy groups -OCH3 is 2. The van der Waals surface area contributed by atoms with E-state index in [0.29, 0.717) is 5.92 Å². The third-order valence-corrected chi connectivity index (χ3v) is 5.41. The highest BCUT2D eigenvalue weighted by Crippen LogP contribution is 2.28. The Hall–Kier alpha value is -1.88. The van der Waals surface area contributed by atoms with Crippen molar-refractivity contribution in [2.45, 2.75) is 112 Å². The molecule has 0 fully saturated rings. The van der Waals surface area contributed by atoms with E-state index in [0.717, 1.165) is 56.4 Å². The highest BCUT2D eigenvalue weighted by Gasteiger charge is 2.21. The van der Waals surface area contributed by atoms with Gasteiger partial charge < -0.3 is 19.4 Å². The molecule has 0 aliphatic carbocycles. The van der Waals surface area contributed by atoms with E-state index in [1.54, 1.807) is 21.1 Å². The number of aliphatic hydroxyl groups is 1. The fourth-order valence-corrected chi connectivity index (χ4v) is 3.62. The van der Waals surface area contributed by atoms with Crippen LogP contribution in [0.25, 0.3) is 0 Å². The Morgan fingerprint density at radius 1 is 0.882 bits per heavy atom. The summed E-state index contributed by atoms with van der Waals surface area (Å²) < 4.78 is 10.4. The third-order valence-electron chi connectivity index (χ3n) is 5.41. The molecule has 0 saturated carbocycles. The van der Waals surface area contributed by atoms with Crippen LogP contribution < -0.4 is 9.47 Å². The first-order chi connectivity index (χ1) is 16.1. The number of benzene rings is 1. The number of Topliss-reactive ketones (excluding diaryl/α,β-unsaturated/α-hetero) is 2. The highest BCUT2D eigenvalue weighted by atomic mass is 16.5. The van der Waals surface area contributed by atoms with Crippen LogP contribution in [0.2, 0.25) is 0 Å². The van der Waals surface area contributed by atoms with Crippen LogP contribution in [0.1, 0.15) is 105 Å². The molecule has 0 heterocycles. The lowest BCUT2D eigenvalue weighted by atomic mass is 9.90. The molecular formula is C29H52O5. The van der Waals surface area contributed by atoms with Crippen LogP contribution in [0.5, 0.6) is 11.5 Å². The van der Waals surface area contributed by atoms with Crippen molar-refractivity contribution in [2.75, 3.05) is 14.2 Å². The summed E-state index contributed by atoms with van der Waals surface area (Å²) in [6.45, 7) is 13.6. The maximum absolute atomic E-state index is 11.0. The average molecular weight is 481 g/mol. The zero-order valence-electron chi connectivity index (χ0n) is 23.4. The van der Waals surface area contributed by atoms with E-state index >= 15 is 0 Å². The molecule has 2 atom stereocenters. The predicted molar refractivity (Wildman–Crippen MR) is 143 cm³/mol. The van der Waals surface area contributed by atoms with Crippen LogP contribution >= 0.6 is 0 Å². The third kappa shape index (κ3) is 17.6. The SMILES string of the molecule is CC(=O)CC(C)C.CCCCC(CCC)C(O)C(C)=O.CCCCc1ccc(OC)c(OC)c1. The van der Waals surface area contributed by atoms with Gasteiger partial charge in [0.1, 0.15) is 11.9 Å². The number of aryl methyl sites for hydroxylation is 1. The van der Waals surface area contributed by atoms with E-state index < -0.39 is 6.10 Å². The number of aliphatic hydroxyl groups excluding tert-OH is 1. The van der Waals surface area contributed by atoms with Gasteiger partial charge in [0.05, 0.1) is 14.2 Å². The van der Waals surface area contributed by atoms with E-state index in [1.807, 2.05) is 19.9 Å². The largest absolute Gasteiger partial charge is 0.493 e. The Bertz CT molecular complexity index is 654. The van der Waals surface area contributed by atoms with Crippen LogP contribution in [0, 0.1) is 11.8 Å². The lowest BCUT2D eigenvalue weighted by molar-refractivity contribution is -0.127. The van der Waals surface area contributed by atoms with Gasteiger partial charge in [0.25, 0.3) is 0 Å². The number of hydrogen-bond donors (Lipinski definition) is 1. The van der Waals surface area contributed by atoms with Crippen molar-refractivity contribution in [3.63, 3.8) is 0 Å². The fourth-order valence-electron chi connectivity index (χ4n) is 3.62. The molecule has 1 aromatic carbocycles. The maximum atomic E-state index is 11.0. The smallest absolute Gasteiger partial charge is 0.160 e. The minimum absolute atomic E-state index is 0.0884. The van der Waals surface area contributed by atoms with Gasteiger partial charge in [-0.05, 0) is 69.1 Å². The number of carbonyl (C=O) groups is 2. The molecule has 34 heavy (non-hydrogen) atoms. The number of carbonyl (C=O) groups excluding carboxylic acids is 2. The van der Waals surface area contributed by atoms with Gasteiger partial charge in [-0.3, -0.25) is 4.79 Å². The molecule has 0 amide bonds. The second-order valence-corrected chi connectivity index (χ2v) is 9.34. The van der Waals surface area contributed by atoms with E-state index in [1.165, 1.54) is 25.3 Å². The highest BCUT2D eigenvalue weighted by molar-refractivity contribution is 5.80. The standard InChI is InChI=1S/C12H18O2.C11H22O2.C6H12O/c1-4-5-6-10-7-8-11(13-2)12(9-10)14-3;1-4-6-8-10(7-5-2)11(13)9(3)12;1-5(2)4-6(3)7/h7-9H,4-6H2,1-3H3;10-11,13H,4-8H2,1-3H3;5H,4H2,1-3H3. The van der Waals surface area contributed by atoms with E-state index in [4.69, 9.17) is 9.47 Å². The normalized spacial score (nSPS) is 12.0. The summed E-state index contributed by atoms with van der Waals surface area (Å²) in [5.74, 6) is 2.53. The van der Waals surface area contributed by atoms with E-state index in [9.17, 15) is 14.7 Å². The molecule has 0 radical (unpaired) electrons. The van der Waals surface area contributed by atoms with Crippen molar-refractivity contribution in [1.82, 2.24) is 0 Å². The summed E-state index contributed by atoms with van der Waals surface area (Å²) in [5.41, 5.74) is 1.31. The molecule has 2 unspecified atom stereocenters. The summed E-state index contributed by atoms with van der Waals surface area (Å²) in [7, 11) is 3.32. The first kappa shape index (κ1) is 34.3. The molecule has 0 aromatic heterocycles. The van der Waals surface area contributed by atoms with Gasteiger partial charge in [-0.2, -0.15) is 0 Å². The lowest BCUT2D eigenvalue weighted by Crippen LogP contribution is -2.27. The first-order valence-electron chi connectivity index (χ1n) is 13.0. The van der Waals surface area contributed by atoms with Gasteiger partial charge in [-0.1, -0.05) is 66.4 Å². The summed E-state index contributed by atoms with van der Waals surface area (Å²) in [4.78, 5) is 21.2. The van der Waals surface area contributed by atoms with Crippen LogP contribution in [0.15, 0.2) is 18.2 Å². The molecule has 1 rings (SSSR count). The fraction of sp³-hybridized carbons (Fsp3) is 0.724. The van der Waals surface area contributed by atoms with Gasteiger partial charge in [-0.25, -0.2) is 0 Å². The molecule has 1 N–H and O–H groups in total. The Balaban J connectivity index is 0. The van der Waals surface area contributed by atoms with E-state index in [2.05, 4.69) is 32.9 Å². The molecule has 5 heteroatoms. The minimum Gasteiger partial charge on any atom is -0.493 e. The summed E-state index contributed by atoms with van der Waals surface area (Å²) in [6, 6.07) is 6.11. The second-order valence-electron chi connectivity index (χ2n) is 9.34. The number of ketones is 2. The van der Waals surface area contributed by atoms with Crippen molar-refractivity contribution < 1.29 is 24.2 Å². The Kier molecular flexibility index (Phi) is 21.8. The molecule has 0 aliphatic heterocycles. The maximum Gasteiger partial charge on any atom is 0.160 e. The molecular weight excluding hydrogens is 428 g/mol. The van der Waals surface area contributed by atoms with Gasteiger partial charge in [0.2, 0.25) is 0 Å². The number of unbranched alkanes of at least 4 members (excludes halogenated alkanes) is 2. The monoisotopic (exact) mass is 480 g/mol.